The van der Waals surface area contributed by atoms with Crippen molar-refractivity contribution >= 4 is 34.5 Å². The molecule has 0 saturated heterocycles. The Morgan fingerprint density at radius 2 is 2.26 bits per heavy atom. The Balaban J connectivity index is 2.36. The molecule has 0 aliphatic rings. The van der Waals surface area contributed by atoms with E-state index in [2.05, 4.69) is 10.1 Å². The number of fused-ring (bicyclic) bond motifs is 1. The van der Waals surface area contributed by atoms with Crippen molar-refractivity contribution in [3.8, 4) is 16.2 Å². The zero-order chi connectivity index (χ0) is 13.6. The van der Waals surface area contributed by atoms with Gasteiger partial charge in [-0.15, -0.1) is 11.3 Å². The van der Waals surface area contributed by atoms with Crippen molar-refractivity contribution in [2.24, 2.45) is 5.73 Å². The molecule has 1 amide bonds. The number of carbonyl (C=O) groups is 1. The predicted molar refractivity (Wildman–Crippen MR) is 71.5 cm³/mol. The lowest BCUT2D eigenvalue weighted by molar-refractivity contribution is 0.0990. The largest absolute Gasteiger partial charge is 0.505 e. The van der Waals surface area contributed by atoms with Crippen LogP contribution in [0.3, 0.4) is 0 Å². The van der Waals surface area contributed by atoms with Gasteiger partial charge >= 0.3 is 0 Å². The van der Waals surface area contributed by atoms with Crippen LogP contribution in [-0.2, 0) is 0 Å². The van der Waals surface area contributed by atoms with E-state index in [1.54, 1.807) is 12.1 Å². The zero-order valence-corrected chi connectivity index (χ0v) is 10.9. The second-order valence-electron chi connectivity index (χ2n) is 3.76. The van der Waals surface area contributed by atoms with Crippen LogP contribution in [0.25, 0.3) is 16.1 Å². The number of hydrogen-bond acceptors (Lipinski definition) is 5. The fourth-order valence-electron chi connectivity index (χ4n) is 1.84. The van der Waals surface area contributed by atoms with E-state index >= 15 is 0 Å². The first-order valence-corrected chi connectivity index (χ1v) is 6.38. The van der Waals surface area contributed by atoms with Crippen molar-refractivity contribution in [2.45, 2.75) is 0 Å². The van der Waals surface area contributed by atoms with Gasteiger partial charge in [0.05, 0.1) is 4.34 Å². The molecule has 3 rings (SSSR count). The first-order chi connectivity index (χ1) is 9.08. The number of hydrogen-bond donors (Lipinski definition) is 2. The van der Waals surface area contributed by atoms with Crippen LogP contribution in [0.4, 0.5) is 0 Å². The predicted octanol–water partition coefficient (Wildman–Crippen LogP) is 1.92. The van der Waals surface area contributed by atoms with Crippen molar-refractivity contribution < 1.29 is 9.90 Å². The van der Waals surface area contributed by atoms with E-state index < -0.39 is 5.91 Å². The summed E-state index contributed by atoms with van der Waals surface area (Å²) >= 11 is 7.24. The minimum atomic E-state index is -0.774. The molecule has 8 heteroatoms. The lowest BCUT2D eigenvalue weighted by atomic mass is 10.2. The third-order valence-corrected chi connectivity index (χ3v) is 3.86. The van der Waals surface area contributed by atoms with Gasteiger partial charge in [0.2, 0.25) is 0 Å². The molecule has 19 heavy (non-hydrogen) atoms. The quantitative estimate of drug-likeness (QED) is 0.755. The minimum absolute atomic E-state index is 0.0982. The molecular weight excluding hydrogens is 288 g/mol. The monoisotopic (exact) mass is 294 g/mol. The van der Waals surface area contributed by atoms with Crippen molar-refractivity contribution in [3.63, 3.8) is 0 Å². The van der Waals surface area contributed by atoms with E-state index in [-0.39, 0.29) is 11.4 Å². The molecule has 0 aliphatic heterocycles. The summed E-state index contributed by atoms with van der Waals surface area (Å²) in [6.07, 6.45) is 1.29. The third-order valence-electron chi connectivity index (χ3n) is 2.60. The van der Waals surface area contributed by atoms with Crippen LogP contribution in [0.5, 0.6) is 5.75 Å². The molecule has 0 bridgehead atoms. The Hall–Kier alpha value is -2.12. The molecule has 6 nitrogen and oxygen atoms in total. The van der Waals surface area contributed by atoms with E-state index in [1.165, 1.54) is 28.2 Å². The number of nitrogens with two attached hydrogens (primary N) is 1. The van der Waals surface area contributed by atoms with Gasteiger partial charge in [0.1, 0.15) is 12.1 Å². The van der Waals surface area contributed by atoms with E-state index in [1.807, 2.05) is 0 Å². The van der Waals surface area contributed by atoms with Gasteiger partial charge in [-0.2, -0.15) is 5.10 Å². The summed E-state index contributed by atoms with van der Waals surface area (Å²) in [6.45, 7) is 0. The average Bonchev–Trinajstić information content (AvgIpc) is 2.95. The summed E-state index contributed by atoms with van der Waals surface area (Å²) in [4.78, 5) is 16.2. The fraction of sp³-hybridized carbons (Fsp3) is 0. The SMILES string of the molecule is NC(=O)c1c(O)cc(-c2ccc(Cl)s2)c2ncnn12. The molecule has 0 radical (unpaired) electrons. The second-order valence-corrected chi connectivity index (χ2v) is 5.47. The summed E-state index contributed by atoms with van der Waals surface area (Å²) in [5.74, 6) is -1.02. The number of pyridine rings is 1. The van der Waals surface area contributed by atoms with Crippen LogP contribution in [0.15, 0.2) is 24.5 Å². The first-order valence-electron chi connectivity index (χ1n) is 5.19. The molecule has 3 aromatic rings. The molecule has 0 spiro atoms. The summed E-state index contributed by atoms with van der Waals surface area (Å²) in [5.41, 5.74) is 6.20. The van der Waals surface area contributed by atoms with Crippen LogP contribution in [0.2, 0.25) is 4.34 Å². The van der Waals surface area contributed by atoms with Crippen LogP contribution in [0.1, 0.15) is 10.5 Å². The standard InChI is InChI=1S/C11H7ClN4O2S/c12-8-2-1-7(19-8)5-3-6(17)9(10(13)18)16-11(5)14-4-15-16/h1-4,17H,(H2,13,18). The molecule has 0 aromatic carbocycles. The molecule has 0 atom stereocenters. The van der Waals surface area contributed by atoms with Gasteiger partial charge in [0.15, 0.2) is 11.3 Å². The Morgan fingerprint density at radius 3 is 2.89 bits per heavy atom. The number of halogens is 1. The highest BCUT2D eigenvalue weighted by atomic mass is 35.5. The molecular formula is C11H7ClN4O2S. The normalized spacial score (nSPS) is 11.0. The van der Waals surface area contributed by atoms with E-state index in [0.717, 1.165) is 4.88 Å². The lowest BCUT2D eigenvalue weighted by Gasteiger charge is -2.06. The van der Waals surface area contributed by atoms with Gasteiger partial charge in [-0.3, -0.25) is 4.79 Å². The topological polar surface area (TPSA) is 93.5 Å². The molecule has 0 saturated carbocycles. The van der Waals surface area contributed by atoms with Crippen molar-refractivity contribution in [3.05, 3.63) is 34.6 Å². The van der Waals surface area contributed by atoms with Crippen LogP contribution in [0, 0.1) is 0 Å². The van der Waals surface area contributed by atoms with E-state index in [9.17, 15) is 9.90 Å². The number of primary amides is 1. The zero-order valence-electron chi connectivity index (χ0n) is 9.37. The number of nitrogens with zero attached hydrogens (tertiary/aromatic N) is 3. The van der Waals surface area contributed by atoms with E-state index in [4.69, 9.17) is 17.3 Å². The summed E-state index contributed by atoms with van der Waals surface area (Å²) < 4.78 is 1.84. The smallest absolute Gasteiger partial charge is 0.271 e. The molecule has 0 fully saturated rings. The molecule has 0 aliphatic carbocycles. The number of rotatable bonds is 2. The van der Waals surface area contributed by atoms with Crippen molar-refractivity contribution in [1.82, 2.24) is 14.6 Å². The highest BCUT2D eigenvalue weighted by Crippen LogP contribution is 2.35. The minimum Gasteiger partial charge on any atom is -0.505 e. The van der Waals surface area contributed by atoms with Gasteiger partial charge in [0, 0.05) is 10.4 Å². The summed E-state index contributed by atoms with van der Waals surface area (Å²) in [6, 6.07) is 4.99. The van der Waals surface area contributed by atoms with Gasteiger partial charge in [-0.25, -0.2) is 9.50 Å². The Labute approximate surface area is 116 Å². The molecule has 3 N–H and O–H groups in total. The van der Waals surface area contributed by atoms with Gasteiger partial charge < -0.3 is 10.8 Å². The van der Waals surface area contributed by atoms with E-state index in [0.29, 0.717) is 15.5 Å². The molecule has 3 aromatic heterocycles. The highest BCUT2D eigenvalue weighted by molar-refractivity contribution is 7.19. The second kappa shape index (κ2) is 4.22. The Morgan fingerprint density at radius 1 is 1.47 bits per heavy atom. The van der Waals surface area contributed by atoms with Crippen LogP contribution < -0.4 is 5.73 Å². The maximum Gasteiger partial charge on any atom is 0.271 e. The summed E-state index contributed by atoms with van der Waals surface area (Å²) in [5, 5.41) is 13.8. The Bertz CT molecular complexity index is 795. The maximum atomic E-state index is 11.3. The number of amides is 1. The molecule has 3 heterocycles. The van der Waals surface area contributed by atoms with Crippen LogP contribution in [-0.4, -0.2) is 25.6 Å². The third kappa shape index (κ3) is 1.83. The Kier molecular flexibility index (Phi) is 2.65. The summed E-state index contributed by atoms with van der Waals surface area (Å²) in [7, 11) is 0. The highest BCUT2D eigenvalue weighted by Gasteiger charge is 2.19. The number of aromatic hydroxyl groups is 1. The number of carbonyl (C=O) groups excluding carboxylic acids is 1. The molecule has 0 unspecified atom stereocenters. The maximum absolute atomic E-state index is 11.3. The first kappa shape index (κ1) is 11.9. The molecule has 96 valence electrons. The van der Waals surface area contributed by atoms with Crippen LogP contribution >= 0.6 is 22.9 Å². The number of thiophene rings is 1. The average molecular weight is 295 g/mol. The lowest BCUT2D eigenvalue weighted by Crippen LogP contribution is -2.16. The van der Waals surface area contributed by atoms with Crippen molar-refractivity contribution in [1.29, 1.82) is 0 Å². The van der Waals surface area contributed by atoms with Gasteiger partial charge in [0.25, 0.3) is 5.91 Å². The van der Waals surface area contributed by atoms with Gasteiger partial charge in [-0.05, 0) is 18.2 Å². The number of aromatic nitrogens is 3. The van der Waals surface area contributed by atoms with Crippen molar-refractivity contribution in [2.75, 3.05) is 0 Å². The van der Waals surface area contributed by atoms with Gasteiger partial charge in [-0.1, -0.05) is 11.6 Å². The fourth-order valence-corrected chi connectivity index (χ4v) is 2.89.